The molecule has 1 aliphatic heterocycles. The normalized spacial score (nSPS) is 20.0. The van der Waals surface area contributed by atoms with Gasteiger partial charge in [-0.25, -0.2) is 13.1 Å². The van der Waals surface area contributed by atoms with Crippen LogP contribution in [-0.4, -0.2) is 33.3 Å². The van der Waals surface area contributed by atoms with Crippen LogP contribution in [0.2, 0.25) is 0 Å². The molecule has 0 unspecified atom stereocenters. The lowest BCUT2D eigenvalue weighted by atomic mass is 10.1. The maximum Gasteiger partial charge on any atom is 0.215 e. The molecular weight excluding hydrogens is 188 g/mol. The van der Waals surface area contributed by atoms with Crippen LogP contribution in [0, 0.1) is 0 Å². The summed E-state index contributed by atoms with van der Waals surface area (Å²) >= 11 is 0. The highest BCUT2D eigenvalue weighted by Crippen LogP contribution is 2.03. The highest BCUT2D eigenvalue weighted by atomic mass is 32.2. The average molecular weight is 204 g/mol. The molecule has 0 bridgehead atoms. The summed E-state index contributed by atoms with van der Waals surface area (Å²) in [5.74, 6) is 0.0108. The van der Waals surface area contributed by atoms with Gasteiger partial charge in [-0.2, -0.15) is 0 Å². The van der Waals surface area contributed by atoms with Gasteiger partial charge in [-0.3, -0.25) is 0 Å². The summed E-state index contributed by atoms with van der Waals surface area (Å²) in [6.45, 7) is 5.19. The number of piperidine rings is 1. The first-order chi connectivity index (χ1) is 6.14. The van der Waals surface area contributed by atoms with E-state index in [-0.39, 0.29) is 11.8 Å². The van der Waals surface area contributed by atoms with E-state index in [1.807, 2.05) is 0 Å². The van der Waals surface area contributed by atoms with Gasteiger partial charge in [0.05, 0.1) is 5.75 Å². The molecule has 5 heteroatoms. The van der Waals surface area contributed by atoms with Crippen molar-refractivity contribution in [3.8, 4) is 0 Å². The maximum absolute atomic E-state index is 11.3. The molecule has 2 N–H and O–H groups in total. The Morgan fingerprint density at radius 1 is 1.46 bits per heavy atom. The van der Waals surface area contributed by atoms with E-state index in [2.05, 4.69) is 16.6 Å². The van der Waals surface area contributed by atoms with Crippen molar-refractivity contribution in [3.63, 3.8) is 0 Å². The minimum absolute atomic E-state index is 0.0108. The van der Waals surface area contributed by atoms with Crippen LogP contribution in [0.25, 0.3) is 0 Å². The molecule has 0 saturated carbocycles. The molecule has 4 nitrogen and oxygen atoms in total. The molecule has 1 fully saturated rings. The monoisotopic (exact) mass is 204 g/mol. The van der Waals surface area contributed by atoms with Gasteiger partial charge < -0.3 is 5.32 Å². The Labute approximate surface area is 79.5 Å². The van der Waals surface area contributed by atoms with E-state index in [4.69, 9.17) is 0 Å². The first kappa shape index (κ1) is 10.7. The van der Waals surface area contributed by atoms with Crippen molar-refractivity contribution in [1.82, 2.24) is 10.0 Å². The molecule has 0 atom stereocenters. The maximum atomic E-state index is 11.3. The van der Waals surface area contributed by atoms with Crippen molar-refractivity contribution < 1.29 is 8.42 Å². The summed E-state index contributed by atoms with van der Waals surface area (Å²) in [4.78, 5) is 0. The quantitative estimate of drug-likeness (QED) is 0.626. The number of sulfonamides is 1. The Morgan fingerprint density at radius 3 is 2.62 bits per heavy atom. The first-order valence-corrected chi connectivity index (χ1v) is 6.11. The van der Waals surface area contributed by atoms with Gasteiger partial charge in [0.15, 0.2) is 0 Å². The molecule has 1 heterocycles. The van der Waals surface area contributed by atoms with Crippen molar-refractivity contribution in [1.29, 1.82) is 0 Å². The van der Waals surface area contributed by atoms with Crippen molar-refractivity contribution in [3.05, 3.63) is 12.7 Å². The second-order valence-electron chi connectivity index (χ2n) is 3.21. The van der Waals surface area contributed by atoms with Crippen LogP contribution in [0.5, 0.6) is 0 Å². The highest BCUT2D eigenvalue weighted by Gasteiger charge is 2.18. The Morgan fingerprint density at radius 2 is 2.08 bits per heavy atom. The predicted octanol–water partition coefficient (Wildman–Crippen LogP) is -0.156. The van der Waals surface area contributed by atoms with Crippen molar-refractivity contribution in [2.75, 3.05) is 18.8 Å². The second-order valence-corrected chi connectivity index (χ2v) is 5.01. The number of hydrogen-bond donors (Lipinski definition) is 2. The number of rotatable bonds is 4. The van der Waals surface area contributed by atoms with E-state index in [1.165, 1.54) is 6.08 Å². The molecule has 0 aromatic carbocycles. The first-order valence-electron chi connectivity index (χ1n) is 4.45. The smallest absolute Gasteiger partial charge is 0.215 e. The molecule has 0 aromatic rings. The van der Waals surface area contributed by atoms with Gasteiger partial charge in [-0.1, -0.05) is 6.08 Å². The predicted molar refractivity (Wildman–Crippen MR) is 53.0 cm³/mol. The third-order valence-electron chi connectivity index (χ3n) is 2.02. The Balaban J connectivity index is 2.41. The third kappa shape index (κ3) is 3.89. The van der Waals surface area contributed by atoms with Crippen LogP contribution in [0.15, 0.2) is 12.7 Å². The molecule has 13 heavy (non-hydrogen) atoms. The second kappa shape index (κ2) is 4.74. The van der Waals surface area contributed by atoms with Crippen LogP contribution in [0.4, 0.5) is 0 Å². The SMILES string of the molecule is C=CCS(=O)(=O)NC1CCNCC1. The third-order valence-corrected chi connectivity index (χ3v) is 3.39. The van der Waals surface area contributed by atoms with Crippen LogP contribution in [0.1, 0.15) is 12.8 Å². The van der Waals surface area contributed by atoms with Crippen LogP contribution >= 0.6 is 0 Å². The summed E-state index contributed by atoms with van der Waals surface area (Å²) in [5, 5.41) is 3.18. The standard InChI is InChI=1S/C8H16N2O2S/c1-2-7-13(11,12)10-8-3-5-9-6-4-8/h2,8-10H,1,3-7H2. The lowest BCUT2D eigenvalue weighted by molar-refractivity contribution is 0.427. The average Bonchev–Trinajstić information content (AvgIpc) is 2.04. The summed E-state index contributed by atoms with van der Waals surface area (Å²) in [6.07, 6.45) is 3.15. The molecule has 76 valence electrons. The van der Waals surface area contributed by atoms with Crippen molar-refractivity contribution in [2.45, 2.75) is 18.9 Å². The van der Waals surface area contributed by atoms with E-state index in [0.29, 0.717) is 0 Å². The summed E-state index contributed by atoms with van der Waals surface area (Å²) in [5.41, 5.74) is 0. The zero-order chi connectivity index (χ0) is 9.73. The van der Waals surface area contributed by atoms with E-state index < -0.39 is 10.0 Å². The zero-order valence-corrected chi connectivity index (χ0v) is 8.44. The van der Waals surface area contributed by atoms with Gasteiger partial charge in [0.25, 0.3) is 0 Å². The Kier molecular flexibility index (Phi) is 3.90. The number of hydrogen-bond acceptors (Lipinski definition) is 3. The molecule has 1 saturated heterocycles. The van der Waals surface area contributed by atoms with Crippen molar-refractivity contribution in [2.24, 2.45) is 0 Å². The molecular formula is C8H16N2O2S. The van der Waals surface area contributed by atoms with E-state index in [0.717, 1.165) is 25.9 Å². The van der Waals surface area contributed by atoms with E-state index in [9.17, 15) is 8.42 Å². The van der Waals surface area contributed by atoms with Gasteiger partial charge in [-0.15, -0.1) is 6.58 Å². The molecule has 1 aliphatic rings. The lowest BCUT2D eigenvalue weighted by Crippen LogP contribution is -2.43. The minimum atomic E-state index is -3.13. The van der Waals surface area contributed by atoms with Crippen LogP contribution < -0.4 is 10.0 Å². The fourth-order valence-electron chi connectivity index (χ4n) is 1.40. The van der Waals surface area contributed by atoms with Crippen molar-refractivity contribution >= 4 is 10.0 Å². The molecule has 0 radical (unpaired) electrons. The van der Waals surface area contributed by atoms with Gasteiger partial charge in [-0.05, 0) is 25.9 Å². The van der Waals surface area contributed by atoms with E-state index in [1.54, 1.807) is 0 Å². The minimum Gasteiger partial charge on any atom is -0.317 e. The molecule has 1 rings (SSSR count). The molecule has 0 aromatic heterocycles. The highest BCUT2D eigenvalue weighted by molar-refractivity contribution is 7.89. The topological polar surface area (TPSA) is 58.2 Å². The molecule has 0 aliphatic carbocycles. The molecule has 0 spiro atoms. The summed E-state index contributed by atoms with van der Waals surface area (Å²) < 4.78 is 25.2. The van der Waals surface area contributed by atoms with Crippen LogP contribution in [0.3, 0.4) is 0 Å². The lowest BCUT2D eigenvalue weighted by Gasteiger charge is -2.23. The van der Waals surface area contributed by atoms with Gasteiger partial charge in [0.1, 0.15) is 0 Å². The summed E-state index contributed by atoms with van der Waals surface area (Å²) in [6, 6.07) is 0.103. The fraction of sp³-hybridized carbons (Fsp3) is 0.750. The van der Waals surface area contributed by atoms with Gasteiger partial charge in [0, 0.05) is 6.04 Å². The Hall–Kier alpha value is -0.390. The van der Waals surface area contributed by atoms with Gasteiger partial charge in [0.2, 0.25) is 10.0 Å². The zero-order valence-electron chi connectivity index (χ0n) is 7.62. The summed E-state index contributed by atoms with van der Waals surface area (Å²) in [7, 11) is -3.13. The number of nitrogens with one attached hydrogen (secondary N) is 2. The molecule has 0 amide bonds. The Bertz CT molecular complexity index is 255. The van der Waals surface area contributed by atoms with E-state index >= 15 is 0 Å². The fourth-order valence-corrected chi connectivity index (χ4v) is 2.55. The van der Waals surface area contributed by atoms with Crippen LogP contribution in [-0.2, 0) is 10.0 Å². The largest absolute Gasteiger partial charge is 0.317 e. The van der Waals surface area contributed by atoms with Gasteiger partial charge >= 0.3 is 0 Å².